The van der Waals surface area contributed by atoms with E-state index in [2.05, 4.69) is 48.5 Å². The summed E-state index contributed by atoms with van der Waals surface area (Å²) in [5.74, 6) is 1.49. The monoisotopic (exact) mass is 324 g/mol. The molecule has 1 aliphatic heterocycles. The number of carbonyl (C=O) groups is 1. The van der Waals surface area contributed by atoms with Gasteiger partial charge in [0.05, 0.1) is 31.2 Å². The van der Waals surface area contributed by atoms with Gasteiger partial charge in [0, 0.05) is 5.41 Å². The van der Waals surface area contributed by atoms with Crippen molar-refractivity contribution in [3.05, 3.63) is 0 Å². The first-order valence-electron chi connectivity index (χ1n) is 9.65. The largest absolute Gasteiger partial charge is 0.361 e. The molecular weight excluding hydrogens is 286 g/mol. The molecule has 2 aliphatic rings. The van der Waals surface area contributed by atoms with Crippen LogP contribution in [-0.4, -0.2) is 48.2 Å². The summed E-state index contributed by atoms with van der Waals surface area (Å²) in [4.78, 5) is 12.2. The third-order valence-electron chi connectivity index (χ3n) is 6.52. The fraction of sp³-hybridized carbons (Fsp3) is 0.950. The number of carbonyl (C=O) groups excluding carboxylic acids is 1. The minimum absolute atomic E-state index is 0.0384. The Kier molecular flexibility index (Phi) is 5.33. The van der Waals surface area contributed by atoms with E-state index in [1.807, 2.05) is 0 Å². The number of ether oxygens (including phenoxy) is 1. The van der Waals surface area contributed by atoms with Crippen LogP contribution in [0, 0.1) is 17.3 Å². The summed E-state index contributed by atoms with van der Waals surface area (Å²) >= 11 is 0. The summed E-state index contributed by atoms with van der Waals surface area (Å²) in [7, 11) is 0. The Hall–Kier alpha value is -0.410. The summed E-state index contributed by atoms with van der Waals surface area (Å²) in [6.07, 6.45) is 4.04. The molecule has 0 radical (unpaired) electrons. The predicted octanol–water partition coefficient (Wildman–Crippen LogP) is 4.05. The predicted molar refractivity (Wildman–Crippen MR) is 95.3 cm³/mol. The number of quaternary nitrogens is 1. The normalized spacial score (nSPS) is 31.5. The molecule has 3 nitrogen and oxygen atoms in total. The summed E-state index contributed by atoms with van der Waals surface area (Å²) in [6.45, 7) is 20.0. The maximum absolute atomic E-state index is 12.2. The average Bonchev–Trinajstić information content (AvgIpc) is 3.22. The number of rotatable bonds is 10. The molecule has 3 heteroatoms. The summed E-state index contributed by atoms with van der Waals surface area (Å²) in [5.41, 5.74) is -0.0514. The highest BCUT2D eigenvalue weighted by molar-refractivity contribution is 6.03. The van der Waals surface area contributed by atoms with Crippen LogP contribution < -0.4 is 0 Å². The highest BCUT2D eigenvalue weighted by Crippen LogP contribution is 2.49. The molecule has 0 aromatic carbocycles. The quantitative estimate of drug-likeness (QED) is 0.448. The van der Waals surface area contributed by atoms with Gasteiger partial charge in [0.1, 0.15) is 18.4 Å². The number of hydrogen-bond acceptors (Lipinski definition) is 2. The SMILES string of the molecule is CCC[N+](CCC(C)CC)(CC1OC1(C)C)CC1C(=O)C1(C)C. The summed E-state index contributed by atoms with van der Waals surface area (Å²) < 4.78 is 7.00. The molecule has 2 rings (SSSR count). The van der Waals surface area contributed by atoms with Crippen LogP contribution in [0.2, 0.25) is 0 Å². The van der Waals surface area contributed by atoms with E-state index < -0.39 is 0 Å². The van der Waals surface area contributed by atoms with Gasteiger partial charge in [-0.15, -0.1) is 0 Å². The van der Waals surface area contributed by atoms with E-state index >= 15 is 0 Å². The van der Waals surface area contributed by atoms with E-state index in [0.717, 1.165) is 23.5 Å². The second-order valence-corrected chi connectivity index (χ2v) is 9.30. The standard InChI is InChI=1S/C20H38NO2/c1-8-11-21(12-10-15(3)9-2,14-17-20(6,7)23-17)13-16-18(22)19(16,4)5/h15-17H,8-14H2,1-7H3/q+1. The molecule has 2 fully saturated rings. The first-order valence-corrected chi connectivity index (χ1v) is 9.65. The van der Waals surface area contributed by atoms with Gasteiger partial charge in [-0.1, -0.05) is 41.0 Å². The Morgan fingerprint density at radius 3 is 2.09 bits per heavy atom. The Morgan fingerprint density at radius 2 is 1.70 bits per heavy atom. The number of Topliss-reactive ketones (excluding diaryl/α,β-unsaturated/α-hetero) is 1. The van der Waals surface area contributed by atoms with Crippen molar-refractivity contribution in [2.75, 3.05) is 26.2 Å². The van der Waals surface area contributed by atoms with Gasteiger partial charge >= 0.3 is 0 Å². The van der Waals surface area contributed by atoms with Gasteiger partial charge in [-0.3, -0.25) is 4.79 Å². The van der Waals surface area contributed by atoms with E-state index in [0.29, 0.717) is 11.9 Å². The highest BCUT2D eigenvalue weighted by Gasteiger charge is 2.62. The van der Waals surface area contributed by atoms with Crippen molar-refractivity contribution >= 4 is 5.78 Å². The van der Waals surface area contributed by atoms with Gasteiger partial charge in [0.15, 0.2) is 0 Å². The molecular formula is C20H38NO2+. The zero-order chi connectivity index (χ0) is 17.5. The molecule has 0 amide bonds. The van der Waals surface area contributed by atoms with Crippen LogP contribution in [0.4, 0.5) is 0 Å². The summed E-state index contributed by atoms with van der Waals surface area (Å²) in [6, 6.07) is 0. The van der Waals surface area contributed by atoms with Crippen molar-refractivity contribution in [3.63, 3.8) is 0 Å². The van der Waals surface area contributed by atoms with E-state index in [1.165, 1.54) is 32.4 Å². The third-order valence-corrected chi connectivity index (χ3v) is 6.52. The smallest absolute Gasteiger partial charge is 0.149 e. The van der Waals surface area contributed by atoms with Gasteiger partial charge in [-0.2, -0.15) is 0 Å². The van der Waals surface area contributed by atoms with Gasteiger partial charge in [0.2, 0.25) is 0 Å². The zero-order valence-electron chi connectivity index (χ0n) is 16.4. The topological polar surface area (TPSA) is 29.6 Å². The third kappa shape index (κ3) is 4.17. The zero-order valence-corrected chi connectivity index (χ0v) is 16.4. The molecule has 0 aromatic heterocycles. The van der Waals surface area contributed by atoms with E-state index in [4.69, 9.17) is 4.74 Å². The van der Waals surface area contributed by atoms with E-state index in [9.17, 15) is 4.79 Å². The van der Waals surface area contributed by atoms with Crippen LogP contribution in [0.25, 0.3) is 0 Å². The van der Waals surface area contributed by atoms with Crippen molar-refractivity contribution in [1.82, 2.24) is 0 Å². The van der Waals surface area contributed by atoms with Gasteiger partial charge < -0.3 is 9.22 Å². The lowest BCUT2D eigenvalue weighted by Gasteiger charge is -2.39. The van der Waals surface area contributed by atoms with Crippen LogP contribution >= 0.6 is 0 Å². The Bertz CT molecular complexity index is 443. The highest BCUT2D eigenvalue weighted by atomic mass is 16.6. The molecule has 1 aliphatic carbocycles. The van der Waals surface area contributed by atoms with Crippen molar-refractivity contribution in [2.45, 2.75) is 79.4 Å². The number of ketones is 1. The molecule has 4 unspecified atom stereocenters. The maximum atomic E-state index is 12.2. The van der Waals surface area contributed by atoms with Crippen LogP contribution in [0.3, 0.4) is 0 Å². The molecule has 0 aromatic rings. The minimum atomic E-state index is -0.0897. The number of hydrogen-bond donors (Lipinski definition) is 0. The van der Waals surface area contributed by atoms with Crippen LogP contribution in [0.15, 0.2) is 0 Å². The Balaban J connectivity index is 2.10. The van der Waals surface area contributed by atoms with Crippen molar-refractivity contribution in [3.8, 4) is 0 Å². The molecule has 1 saturated heterocycles. The van der Waals surface area contributed by atoms with Crippen LogP contribution in [0.1, 0.15) is 67.7 Å². The van der Waals surface area contributed by atoms with Gasteiger partial charge in [0.25, 0.3) is 0 Å². The molecule has 23 heavy (non-hydrogen) atoms. The lowest BCUT2D eigenvalue weighted by molar-refractivity contribution is -0.930. The number of epoxide rings is 1. The van der Waals surface area contributed by atoms with Crippen LogP contribution in [-0.2, 0) is 9.53 Å². The molecule has 0 N–H and O–H groups in total. The fourth-order valence-electron chi connectivity index (χ4n) is 3.96. The van der Waals surface area contributed by atoms with Gasteiger partial charge in [-0.05, 0) is 32.6 Å². The van der Waals surface area contributed by atoms with Crippen molar-refractivity contribution in [2.24, 2.45) is 17.3 Å². The van der Waals surface area contributed by atoms with E-state index in [-0.39, 0.29) is 16.9 Å². The lowest BCUT2D eigenvalue weighted by atomic mass is 10.0. The summed E-state index contributed by atoms with van der Waals surface area (Å²) in [5, 5.41) is 0. The van der Waals surface area contributed by atoms with Crippen molar-refractivity contribution in [1.29, 1.82) is 0 Å². The Morgan fingerprint density at radius 1 is 1.13 bits per heavy atom. The lowest BCUT2D eigenvalue weighted by Crippen LogP contribution is -2.54. The van der Waals surface area contributed by atoms with Gasteiger partial charge in [-0.25, -0.2) is 0 Å². The van der Waals surface area contributed by atoms with Crippen molar-refractivity contribution < 1.29 is 14.0 Å². The minimum Gasteiger partial charge on any atom is -0.361 e. The van der Waals surface area contributed by atoms with Crippen LogP contribution in [0.5, 0.6) is 0 Å². The molecule has 134 valence electrons. The maximum Gasteiger partial charge on any atom is 0.149 e. The second-order valence-electron chi connectivity index (χ2n) is 9.30. The fourth-order valence-corrected chi connectivity index (χ4v) is 3.96. The second kappa shape index (κ2) is 6.48. The first kappa shape index (κ1) is 18.9. The molecule has 0 spiro atoms. The number of nitrogens with zero attached hydrogens (tertiary/aromatic N) is 1. The Labute approximate surface area is 143 Å². The molecule has 0 bridgehead atoms. The molecule has 4 atom stereocenters. The van der Waals surface area contributed by atoms with E-state index in [1.54, 1.807) is 0 Å². The molecule has 1 saturated carbocycles. The molecule has 1 heterocycles. The average molecular weight is 325 g/mol. The first-order chi connectivity index (χ1) is 10.6.